The molecule has 184 valence electrons. The lowest BCUT2D eigenvalue weighted by molar-refractivity contribution is 0.0970. The number of hydrogen-bond acceptors (Lipinski definition) is 6. The van der Waals surface area contributed by atoms with Crippen molar-refractivity contribution >= 4 is 22.7 Å². The van der Waals surface area contributed by atoms with E-state index in [0.29, 0.717) is 52.6 Å². The van der Waals surface area contributed by atoms with Crippen LogP contribution in [0, 0.1) is 13.8 Å². The molecule has 1 unspecified atom stereocenters. The van der Waals surface area contributed by atoms with E-state index in [4.69, 9.17) is 13.9 Å². The Hall–Kier alpha value is -4.13. The topological polar surface area (TPSA) is 81.9 Å². The Morgan fingerprint density at radius 1 is 0.944 bits per heavy atom. The van der Waals surface area contributed by atoms with Crippen LogP contribution < -0.4 is 19.8 Å². The van der Waals surface area contributed by atoms with Crippen LogP contribution in [0.4, 0.5) is 5.82 Å². The number of rotatable bonds is 7. The Bertz CT molecular complexity index is 1510. The second kappa shape index (κ2) is 9.49. The summed E-state index contributed by atoms with van der Waals surface area (Å²) in [6.45, 7) is 8.78. The number of aromatic nitrogens is 1. The minimum Gasteiger partial charge on any atom is -0.490 e. The molecular formula is C29H28N2O5. The fraction of sp³-hybridized carbons (Fsp3) is 0.276. The van der Waals surface area contributed by atoms with E-state index in [1.165, 1.54) is 4.90 Å². The summed E-state index contributed by atoms with van der Waals surface area (Å²) in [5, 5.41) is 0.443. The molecule has 0 saturated carbocycles. The lowest BCUT2D eigenvalue weighted by Crippen LogP contribution is -2.30. The first-order valence-electron chi connectivity index (χ1n) is 12.2. The summed E-state index contributed by atoms with van der Waals surface area (Å²) >= 11 is 0. The molecule has 5 rings (SSSR count). The Morgan fingerprint density at radius 3 is 2.47 bits per heavy atom. The number of carbonyl (C=O) groups excluding carboxylic acids is 1. The fourth-order valence-corrected chi connectivity index (χ4v) is 4.54. The van der Waals surface area contributed by atoms with Crippen molar-refractivity contribution in [3.8, 4) is 11.5 Å². The third kappa shape index (κ3) is 4.00. The van der Waals surface area contributed by atoms with Crippen LogP contribution in [0.2, 0.25) is 0 Å². The van der Waals surface area contributed by atoms with Gasteiger partial charge in [0.1, 0.15) is 11.4 Å². The highest BCUT2D eigenvalue weighted by molar-refractivity contribution is 6.10. The molecule has 7 nitrogen and oxygen atoms in total. The SMILES string of the molecule is CCCOc1ccc(C2c3c(oc4ccc(C)cc4c3=O)C(=O)N2c2ccc(C)cn2)cc1OCC. The summed E-state index contributed by atoms with van der Waals surface area (Å²) in [6.07, 6.45) is 2.56. The number of benzene rings is 2. The lowest BCUT2D eigenvalue weighted by atomic mass is 9.97. The number of aryl methyl sites for hydroxylation is 2. The monoisotopic (exact) mass is 484 g/mol. The van der Waals surface area contributed by atoms with Crippen LogP contribution in [-0.4, -0.2) is 24.1 Å². The first-order valence-corrected chi connectivity index (χ1v) is 12.2. The molecule has 1 aliphatic heterocycles. The van der Waals surface area contributed by atoms with E-state index in [9.17, 15) is 9.59 Å². The molecular weight excluding hydrogens is 456 g/mol. The molecule has 4 aromatic rings. The molecule has 7 heteroatoms. The molecule has 0 N–H and O–H groups in total. The highest BCUT2D eigenvalue weighted by atomic mass is 16.5. The molecule has 0 radical (unpaired) electrons. The number of hydrogen-bond donors (Lipinski definition) is 0. The maximum Gasteiger partial charge on any atom is 0.296 e. The van der Waals surface area contributed by atoms with Crippen LogP contribution in [0.5, 0.6) is 11.5 Å². The molecule has 1 amide bonds. The minimum absolute atomic E-state index is 0.0352. The van der Waals surface area contributed by atoms with E-state index in [1.807, 2.05) is 58.0 Å². The molecule has 1 atom stereocenters. The van der Waals surface area contributed by atoms with Crippen LogP contribution in [0.1, 0.15) is 59.1 Å². The first-order chi connectivity index (χ1) is 17.4. The normalized spacial score (nSPS) is 14.8. The third-order valence-electron chi connectivity index (χ3n) is 6.21. The molecule has 0 bridgehead atoms. The van der Waals surface area contributed by atoms with Crippen LogP contribution in [-0.2, 0) is 0 Å². The second-order valence-corrected chi connectivity index (χ2v) is 8.93. The Morgan fingerprint density at radius 2 is 1.75 bits per heavy atom. The van der Waals surface area contributed by atoms with Gasteiger partial charge in [0.15, 0.2) is 16.9 Å². The summed E-state index contributed by atoms with van der Waals surface area (Å²) in [7, 11) is 0. The summed E-state index contributed by atoms with van der Waals surface area (Å²) in [5.41, 5.74) is 3.05. The molecule has 2 aromatic heterocycles. The first kappa shape index (κ1) is 23.6. The largest absolute Gasteiger partial charge is 0.490 e. The van der Waals surface area contributed by atoms with Crippen molar-refractivity contribution < 1.29 is 18.7 Å². The number of fused-ring (bicyclic) bond motifs is 2. The number of anilines is 1. The molecule has 36 heavy (non-hydrogen) atoms. The van der Waals surface area contributed by atoms with Gasteiger partial charge in [-0.05, 0) is 68.7 Å². The van der Waals surface area contributed by atoms with Gasteiger partial charge in [0.05, 0.1) is 30.2 Å². The van der Waals surface area contributed by atoms with E-state index in [-0.39, 0.29) is 11.2 Å². The predicted octanol–water partition coefficient (Wildman–Crippen LogP) is 5.74. The van der Waals surface area contributed by atoms with Crippen LogP contribution in [0.15, 0.2) is 63.9 Å². The maximum absolute atomic E-state index is 13.8. The number of nitrogens with zero attached hydrogens (tertiary/aromatic N) is 2. The van der Waals surface area contributed by atoms with Crippen molar-refractivity contribution in [2.24, 2.45) is 0 Å². The number of carbonyl (C=O) groups is 1. The minimum atomic E-state index is -0.733. The van der Waals surface area contributed by atoms with E-state index in [0.717, 1.165) is 17.5 Å². The Balaban J connectivity index is 1.75. The van der Waals surface area contributed by atoms with Gasteiger partial charge >= 0.3 is 0 Å². The average Bonchev–Trinajstić information content (AvgIpc) is 3.17. The molecule has 0 aliphatic carbocycles. The number of ether oxygens (including phenoxy) is 2. The Labute approximate surface area is 209 Å². The summed E-state index contributed by atoms with van der Waals surface area (Å²) in [5.74, 6) is 1.24. The molecule has 2 aromatic carbocycles. The summed E-state index contributed by atoms with van der Waals surface area (Å²) in [4.78, 5) is 33.6. The van der Waals surface area contributed by atoms with Gasteiger partial charge in [-0.2, -0.15) is 0 Å². The van der Waals surface area contributed by atoms with Crippen molar-refractivity contribution in [3.63, 3.8) is 0 Å². The van der Waals surface area contributed by atoms with Gasteiger partial charge in [0, 0.05) is 6.20 Å². The van der Waals surface area contributed by atoms with Crippen molar-refractivity contribution in [1.29, 1.82) is 0 Å². The van der Waals surface area contributed by atoms with E-state index in [1.54, 1.807) is 24.4 Å². The zero-order valence-electron chi connectivity index (χ0n) is 20.8. The van der Waals surface area contributed by atoms with Crippen LogP contribution in [0.3, 0.4) is 0 Å². The average molecular weight is 485 g/mol. The van der Waals surface area contributed by atoms with Gasteiger partial charge in [0.2, 0.25) is 5.76 Å². The van der Waals surface area contributed by atoms with Crippen molar-refractivity contribution in [2.45, 2.75) is 40.2 Å². The lowest BCUT2D eigenvalue weighted by Gasteiger charge is -2.25. The quantitative estimate of drug-likeness (QED) is 0.333. The van der Waals surface area contributed by atoms with Crippen molar-refractivity contribution in [1.82, 2.24) is 4.98 Å². The van der Waals surface area contributed by atoms with Crippen molar-refractivity contribution in [3.05, 3.63) is 93.0 Å². The number of pyridine rings is 1. The highest BCUT2D eigenvalue weighted by Crippen LogP contribution is 2.43. The van der Waals surface area contributed by atoms with E-state index >= 15 is 0 Å². The smallest absolute Gasteiger partial charge is 0.296 e. The van der Waals surface area contributed by atoms with Gasteiger partial charge < -0.3 is 13.9 Å². The van der Waals surface area contributed by atoms with Gasteiger partial charge in [-0.1, -0.05) is 30.7 Å². The van der Waals surface area contributed by atoms with Gasteiger partial charge in [-0.3, -0.25) is 14.5 Å². The molecule has 1 aliphatic rings. The van der Waals surface area contributed by atoms with Gasteiger partial charge in [0.25, 0.3) is 5.91 Å². The molecule has 3 heterocycles. The van der Waals surface area contributed by atoms with E-state index < -0.39 is 11.9 Å². The Kier molecular flexibility index (Phi) is 6.22. The fourth-order valence-electron chi connectivity index (χ4n) is 4.54. The van der Waals surface area contributed by atoms with Crippen molar-refractivity contribution in [2.75, 3.05) is 18.1 Å². The third-order valence-corrected chi connectivity index (χ3v) is 6.21. The maximum atomic E-state index is 13.8. The van der Waals surface area contributed by atoms with Crippen LogP contribution >= 0.6 is 0 Å². The summed E-state index contributed by atoms with van der Waals surface area (Å²) < 4.78 is 17.8. The summed E-state index contributed by atoms with van der Waals surface area (Å²) in [6, 6.07) is 13.8. The second-order valence-electron chi connectivity index (χ2n) is 8.93. The molecule has 0 saturated heterocycles. The molecule has 0 spiro atoms. The number of amides is 1. The van der Waals surface area contributed by atoms with Crippen LogP contribution in [0.25, 0.3) is 11.0 Å². The van der Waals surface area contributed by atoms with Gasteiger partial charge in [-0.15, -0.1) is 0 Å². The van der Waals surface area contributed by atoms with Gasteiger partial charge in [-0.25, -0.2) is 4.98 Å². The standard InChI is InChI=1S/C29H28N2O5/c1-5-13-35-22-11-9-19(15-23(22)34-6-2)26-25-27(32)20-14-17(3)7-10-21(20)36-28(25)29(33)31(26)24-12-8-18(4)16-30-24/h7-12,14-16,26H,5-6,13H2,1-4H3. The zero-order valence-corrected chi connectivity index (χ0v) is 20.8. The highest BCUT2D eigenvalue weighted by Gasteiger charge is 2.44. The zero-order chi connectivity index (χ0) is 25.4. The van der Waals surface area contributed by atoms with E-state index in [2.05, 4.69) is 4.98 Å². The predicted molar refractivity (Wildman–Crippen MR) is 138 cm³/mol. The molecule has 0 fully saturated rings.